The molecule has 1 fully saturated rings. The lowest BCUT2D eigenvalue weighted by Gasteiger charge is -2.34. The van der Waals surface area contributed by atoms with Crippen LogP contribution in [0.5, 0.6) is 0 Å². The Labute approximate surface area is 256 Å². The number of imidazole rings is 1. The van der Waals surface area contributed by atoms with Gasteiger partial charge in [0, 0.05) is 29.9 Å². The van der Waals surface area contributed by atoms with Crippen molar-refractivity contribution in [2.45, 2.75) is 72.2 Å². The molecule has 1 N–H and O–H groups in total. The first kappa shape index (κ1) is 29.2. The summed E-state index contributed by atoms with van der Waals surface area (Å²) in [5.41, 5.74) is 2.48. The van der Waals surface area contributed by atoms with Crippen molar-refractivity contribution in [3.63, 3.8) is 0 Å². The van der Waals surface area contributed by atoms with Crippen molar-refractivity contribution >= 4 is 44.8 Å². The molecule has 5 aromatic rings. The lowest BCUT2D eigenvalue weighted by atomic mass is 10.0. The number of alkyl carbamates (subject to hydrolysis) is 1. The van der Waals surface area contributed by atoms with Crippen LogP contribution in [0.2, 0.25) is 0 Å². The van der Waals surface area contributed by atoms with Crippen LogP contribution in [0.3, 0.4) is 0 Å². The Hall–Kier alpha value is -4.91. The third-order valence-electron chi connectivity index (χ3n) is 7.82. The second-order valence-electron chi connectivity index (χ2n) is 12.2. The first-order valence-corrected chi connectivity index (χ1v) is 15.0. The second kappa shape index (κ2) is 11.6. The Balaban J connectivity index is 1.40. The molecule has 0 saturated carbocycles. The van der Waals surface area contributed by atoms with Crippen LogP contribution in [0.15, 0.2) is 53.3 Å². The van der Waals surface area contributed by atoms with Gasteiger partial charge in [-0.25, -0.2) is 14.5 Å². The molecule has 6 rings (SSSR count). The van der Waals surface area contributed by atoms with Crippen molar-refractivity contribution in [3.05, 3.63) is 70.3 Å². The van der Waals surface area contributed by atoms with E-state index in [1.165, 1.54) is 4.68 Å². The van der Waals surface area contributed by atoms with Crippen LogP contribution < -0.4 is 15.8 Å². The van der Waals surface area contributed by atoms with Crippen LogP contribution in [0.1, 0.15) is 51.9 Å². The third kappa shape index (κ3) is 5.70. The van der Waals surface area contributed by atoms with Crippen molar-refractivity contribution in [2.24, 2.45) is 0 Å². The van der Waals surface area contributed by atoms with Crippen molar-refractivity contribution in [2.75, 3.05) is 18.0 Å². The highest BCUT2D eigenvalue weighted by atomic mass is 16.6. The van der Waals surface area contributed by atoms with E-state index in [9.17, 15) is 9.59 Å². The minimum absolute atomic E-state index is 0.118. The number of piperidine rings is 1. The molecule has 1 amide bonds. The van der Waals surface area contributed by atoms with Crippen molar-refractivity contribution in [1.29, 1.82) is 0 Å². The first-order chi connectivity index (χ1) is 21.1. The highest BCUT2D eigenvalue weighted by Gasteiger charge is 2.29. The molecule has 3 aromatic heterocycles. The number of anilines is 1. The van der Waals surface area contributed by atoms with Gasteiger partial charge in [-0.3, -0.25) is 14.3 Å². The van der Waals surface area contributed by atoms with Gasteiger partial charge in [0.25, 0.3) is 5.56 Å². The topological polar surface area (TPSA) is 107 Å². The fourth-order valence-corrected chi connectivity index (χ4v) is 5.95. The number of amides is 1. The maximum Gasteiger partial charge on any atom is 0.407 e. The summed E-state index contributed by atoms with van der Waals surface area (Å²) < 4.78 is 8.87. The molecular formula is C34H37N7O3. The summed E-state index contributed by atoms with van der Waals surface area (Å²) in [4.78, 5) is 38.7. The maximum absolute atomic E-state index is 14.2. The van der Waals surface area contributed by atoms with E-state index in [0.29, 0.717) is 35.8 Å². The molecule has 1 aliphatic rings. The van der Waals surface area contributed by atoms with Gasteiger partial charge in [0.1, 0.15) is 16.6 Å². The first-order valence-electron chi connectivity index (χ1n) is 15.0. The molecule has 226 valence electrons. The van der Waals surface area contributed by atoms with Crippen molar-refractivity contribution in [3.8, 4) is 11.8 Å². The molecular weight excluding hydrogens is 554 g/mol. The Bertz CT molecular complexity index is 2010. The largest absolute Gasteiger partial charge is 0.444 e. The van der Waals surface area contributed by atoms with E-state index in [1.54, 1.807) is 6.92 Å². The molecule has 10 nitrogen and oxygen atoms in total. The van der Waals surface area contributed by atoms with Crippen molar-refractivity contribution in [1.82, 2.24) is 29.6 Å². The van der Waals surface area contributed by atoms with Crippen LogP contribution in [0.4, 0.5) is 10.7 Å². The average molecular weight is 592 g/mol. The maximum atomic E-state index is 14.2. The number of hydrogen-bond donors (Lipinski definition) is 1. The Kier molecular flexibility index (Phi) is 7.72. The standard InChI is InChI=1S/C34H37N7O3/c1-6-7-19-40-30-29(37-32(40)39-18-12-13-23(20-39)35-33(43)44-34(3,4)5)22(2)38-41(31(30)42)21-28-26-16-9-8-14-24(26)25-15-10-11-17-27(25)36-28/h8-11,14-17,23H,12-13,18-21H2,1-5H3,(H,35,43)/t23-/m1/s1. The van der Waals surface area contributed by atoms with Gasteiger partial charge in [0.2, 0.25) is 5.95 Å². The highest BCUT2D eigenvalue weighted by Crippen LogP contribution is 2.28. The van der Waals surface area contributed by atoms with E-state index in [0.717, 1.165) is 46.8 Å². The van der Waals surface area contributed by atoms with E-state index in [2.05, 4.69) is 34.2 Å². The predicted octanol–water partition coefficient (Wildman–Crippen LogP) is 5.17. The summed E-state index contributed by atoms with van der Waals surface area (Å²) in [7, 11) is 0. The van der Waals surface area contributed by atoms with Crippen LogP contribution in [-0.4, -0.2) is 55.1 Å². The molecule has 0 spiro atoms. The smallest absolute Gasteiger partial charge is 0.407 e. The Morgan fingerprint density at radius 3 is 2.55 bits per heavy atom. The molecule has 2 aromatic carbocycles. The van der Waals surface area contributed by atoms with Gasteiger partial charge in [-0.05, 0) is 58.9 Å². The summed E-state index contributed by atoms with van der Waals surface area (Å²) in [5.74, 6) is 6.73. The van der Waals surface area contributed by atoms with E-state index in [1.807, 2.05) is 68.7 Å². The highest BCUT2D eigenvalue weighted by molar-refractivity contribution is 6.06. The molecule has 0 radical (unpaired) electrons. The minimum atomic E-state index is -0.579. The normalized spacial score (nSPS) is 15.4. The van der Waals surface area contributed by atoms with Gasteiger partial charge in [-0.1, -0.05) is 48.4 Å². The van der Waals surface area contributed by atoms with E-state index >= 15 is 0 Å². The number of carbonyl (C=O) groups excluding carboxylic acids is 1. The number of nitrogens with one attached hydrogen (secondary N) is 1. The van der Waals surface area contributed by atoms with Crippen LogP contribution in [0, 0.1) is 18.8 Å². The zero-order valence-electron chi connectivity index (χ0n) is 25.8. The van der Waals surface area contributed by atoms with Gasteiger partial charge in [0.15, 0.2) is 0 Å². The van der Waals surface area contributed by atoms with Gasteiger partial charge < -0.3 is 15.0 Å². The van der Waals surface area contributed by atoms with E-state index in [-0.39, 0.29) is 18.1 Å². The summed E-state index contributed by atoms with van der Waals surface area (Å²) in [6.07, 6.45) is 1.24. The quantitative estimate of drug-likeness (QED) is 0.222. The second-order valence-corrected chi connectivity index (χ2v) is 12.2. The number of hydrogen-bond acceptors (Lipinski definition) is 7. The SMILES string of the molecule is CC#CCn1c(N2CCC[C@@H](NC(=O)OC(C)(C)C)C2)nc2c(C)nn(Cc3nc4ccccc4c4ccccc34)c(=O)c21. The molecule has 0 aliphatic carbocycles. The van der Waals surface area contributed by atoms with Crippen LogP contribution in [-0.2, 0) is 17.8 Å². The molecule has 10 heteroatoms. The number of carbonyl (C=O) groups is 1. The van der Waals surface area contributed by atoms with E-state index in [4.69, 9.17) is 19.8 Å². The number of benzene rings is 2. The molecule has 0 bridgehead atoms. The summed E-state index contributed by atoms with van der Waals surface area (Å²) in [6.45, 7) is 11.0. The zero-order chi connectivity index (χ0) is 31.0. The van der Waals surface area contributed by atoms with Crippen LogP contribution in [0.25, 0.3) is 32.7 Å². The van der Waals surface area contributed by atoms with Gasteiger partial charge in [-0.2, -0.15) is 5.10 Å². The number of aryl methyl sites for hydroxylation is 1. The van der Waals surface area contributed by atoms with Crippen molar-refractivity contribution < 1.29 is 9.53 Å². The van der Waals surface area contributed by atoms with E-state index < -0.39 is 11.7 Å². The number of nitrogens with zero attached hydrogens (tertiary/aromatic N) is 6. The number of rotatable bonds is 5. The monoisotopic (exact) mass is 591 g/mol. The Morgan fingerprint density at radius 1 is 1.07 bits per heavy atom. The van der Waals surface area contributed by atoms with Gasteiger partial charge in [0.05, 0.1) is 30.0 Å². The number of aromatic nitrogens is 5. The predicted molar refractivity (Wildman–Crippen MR) is 173 cm³/mol. The fraction of sp³-hybridized carbons (Fsp3) is 0.382. The molecule has 4 heterocycles. The summed E-state index contributed by atoms with van der Waals surface area (Å²) >= 11 is 0. The molecule has 44 heavy (non-hydrogen) atoms. The van der Waals surface area contributed by atoms with Gasteiger partial charge in [-0.15, -0.1) is 5.92 Å². The zero-order valence-corrected chi connectivity index (χ0v) is 25.8. The number of para-hydroxylation sites is 1. The third-order valence-corrected chi connectivity index (χ3v) is 7.82. The lowest BCUT2D eigenvalue weighted by Crippen LogP contribution is -2.49. The fourth-order valence-electron chi connectivity index (χ4n) is 5.95. The molecule has 1 atom stereocenters. The average Bonchev–Trinajstić information content (AvgIpc) is 3.38. The van der Waals surface area contributed by atoms with Crippen LogP contribution >= 0.6 is 0 Å². The Morgan fingerprint density at radius 2 is 1.80 bits per heavy atom. The number of fused-ring (bicyclic) bond motifs is 4. The number of ether oxygens (including phenoxy) is 1. The minimum Gasteiger partial charge on any atom is -0.444 e. The molecule has 1 aliphatic heterocycles. The molecule has 1 saturated heterocycles. The van der Waals surface area contributed by atoms with Gasteiger partial charge >= 0.3 is 6.09 Å². The lowest BCUT2D eigenvalue weighted by molar-refractivity contribution is 0.0499. The summed E-state index contributed by atoms with van der Waals surface area (Å²) in [6, 6.07) is 16.0. The number of pyridine rings is 1. The molecule has 0 unspecified atom stereocenters. The summed E-state index contributed by atoms with van der Waals surface area (Å²) in [5, 5.41) is 10.9.